The van der Waals surface area contributed by atoms with Crippen LogP contribution in [0.2, 0.25) is 10.0 Å². The largest absolute Gasteiger partial charge is 0.352 e. The molecule has 0 bridgehead atoms. The van der Waals surface area contributed by atoms with Gasteiger partial charge in [0.25, 0.3) is 5.91 Å². The third-order valence-electron chi connectivity index (χ3n) is 3.49. The van der Waals surface area contributed by atoms with Crippen LogP contribution in [0.5, 0.6) is 0 Å². The van der Waals surface area contributed by atoms with Crippen LogP contribution in [0.3, 0.4) is 0 Å². The molecule has 0 radical (unpaired) electrons. The van der Waals surface area contributed by atoms with Crippen molar-refractivity contribution in [2.45, 2.75) is 20.0 Å². The number of amides is 2. The first-order valence-corrected chi connectivity index (χ1v) is 8.15. The van der Waals surface area contributed by atoms with Gasteiger partial charge in [0.1, 0.15) is 0 Å². The number of carbonyl (C=O) groups excluding carboxylic acids is 2. The first-order valence-electron chi connectivity index (χ1n) is 7.39. The van der Waals surface area contributed by atoms with E-state index in [-0.39, 0.29) is 11.8 Å². The number of halogens is 2. The van der Waals surface area contributed by atoms with E-state index in [1.165, 1.54) is 6.92 Å². The van der Waals surface area contributed by atoms with Gasteiger partial charge in [0, 0.05) is 32.6 Å². The lowest BCUT2D eigenvalue weighted by Crippen LogP contribution is -2.26. The lowest BCUT2D eigenvalue weighted by atomic mass is 10.1. The van der Waals surface area contributed by atoms with Gasteiger partial charge in [-0.1, -0.05) is 41.4 Å². The highest BCUT2D eigenvalue weighted by Crippen LogP contribution is 2.23. The molecule has 2 aromatic rings. The van der Waals surface area contributed by atoms with Gasteiger partial charge in [-0.3, -0.25) is 9.59 Å². The van der Waals surface area contributed by atoms with Crippen molar-refractivity contribution in [3.63, 3.8) is 0 Å². The molecule has 0 atom stereocenters. The fourth-order valence-electron chi connectivity index (χ4n) is 2.20. The lowest BCUT2D eigenvalue weighted by Gasteiger charge is -2.18. The number of nitrogens with one attached hydrogen (secondary N) is 1. The molecule has 6 heteroatoms. The minimum Gasteiger partial charge on any atom is -0.352 e. The Morgan fingerprint density at radius 3 is 2.21 bits per heavy atom. The highest BCUT2D eigenvalue weighted by Gasteiger charge is 2.12. The number of carbonyl (C=O) groups is 2. The molecule has 126 valence electrons. The SMILES string of the molecule is CC(=O)NCc1ccc(C(=O)N(C)Cc2ccc(Cl)c(Cl)c2)cc1. The Labute approximate surface area is 151 Å². The van der Waals surface area contributed by atoms with Crippen molar-refractivity contribution in [1.82, 2.24) is 10.2 Å². The molecule has 4 nitrogen and oxygen atoms in total. The van der Waals surface area contributed by atoms with Gasteiger partial charge in [-0.05, 0) is 35.4 Å². The second-order valence-electron chi connectivity index (χ2n) is 5.52. The van der Waals surface area contributed by atoms with Crippen LogP contribution < -0.4 is 5.32 Å². The maximum Gasteiger partial charge on any atom is 0.253 e. The molecule has 0 aliphatic rings. The molecular formula is C18H18Cl2N2O2. The van der Waals surface area contributed by atoms with Gasteiger partial charge in [-0.2, -0.15) is 0 Å². The summed E-state index contributed by atoms with van der Waals surface area (Å²) in [6.07, 6.45) is 0. The number of hydrogen-bond donors (Lipinski definition) is 1. The number of hydrogen-bond acceptors (Lipinski definition) is 2. The van der Waals surface area contributed by atoms with E-state index in [4.69, 9.17) is 23.2 Å². The van der Waals surface area contributed by atoms with E-state index >= 15 is 0 Å². The molecular weight excluding hydrogens is 347 g/mol. The topological polar surface area (TPSA) is 49.4 Å². The van der Waals surface area contributed by atoms with Crippen molar-refractivity contribution in [3.8, 4) is 0 Å². The Kier molecular flexibility index (Phi) is 6.23. The predicted octanol–water partition coefficient (Wildman–Crippen LogP) is 3.90. The van der Waals surface area contributed by atoms with E-state index in [0.29, 0.717) is 28.7 Å². The van der Waals surface area contributed by atoms with Crippen molar-refractivity contribution in [2.24, 2.45) is 0 Å². The molecule has 1 N–H and O–H groups in total. The van der Waals surface area contributed by atoms with Crippen molar-refractivity contribution in [3.05, 3.63) is 69.2 Å². The van der Waals surface area contributed by atoms with Gasteiger partial charge < -0.3 is 10.2 Å². The molecule has 0 aliphatic heterocycles. The molecule has 0 fully saturated rings. The summed E-state index contributed by atoms with van der Waals surface area (Å²) in [6, 6.07) is 12.5. The van der Waals surface area contributed by atoms with Gasteiger partial charge in [-0.15, -0.1) is 0 Å². The minimum absolute atomic E-state index is 0.0866. The Morgan fingerprint density at radius 1 is 1.00 bits per heavy atom. The summed E-state index contributed by atoms with van der Waals surface area (Å²) in [4.78, 5) is 25.0. The number of nitrogens with zero attached hydrogens (tertiary/aromatic N) is 1. The fourth-order valence-corrected chi connectivity index (χ4v) is 2.52. The number of benzene rings is 2. The molecule has 2 aromatic carbocycles. The van der Waals surface area contributed by atoms with Crippen molar-refractivity contribution >= 4 is 35.0 Å². The molecule has 0 aromatic heterocycles. The first kappa shape index (κ1) is 18.3. The molecule has 0 spiro atoms. The minimum atomic E-state index is -0.0906. The monoisotopic (exact) mass is 364 g/mol. The van der Waals surface area contributed by atoms with Crippen LogP contribution in [-0.4, -0.2) is 23.8 Å². The van der Waals surface area contributed by atoms with Gasteiger partial charge >= 0.3 is 0 Å². The molecule has 0 aliphatic carbocycles. The summed E-state index contributed by atoms with van der Waals surface area (Å²) in [5, 5.41) is 3.68. The van der Waals surface area contributed by atoms with Crippen molar-refractivity contribution in [2.75, 3.05) is 7.05 Å². The summed E-state index contributed by atoms with van der Waals surface area (Å²) >= 11 is 11.9. The second-order valence-corrected chi connectivity index (χ2v) is 6.33. The highest BCUT2D eigenvalue weighted by molar-refractivity contribution is 6.42. The van der Waals surface area contributed by atoms with Gasteiger partial charge in [0.05, 0.1) is 10.0 Å². The third kappa shape index (κ3) is 4.98. The number of rotatable bonds is 5. The molecule has 24 heavy (non-hydrogen) atoms. The van der Waals surface area contributed by atoms with Gasteiger partial charge in [-0.25, -0.2) is 0 Å². The summed E-state index contributed by atoms with van der Waals surface area (Å²) < 4.78 is 0. The van der Waals surface area contributed by atoms with Crippen LogP contribution in [0.15, 0.2) is 42.5 Å². The summed E-state index contributed by atoms with van der Waals surface area (Å²) in [5.41, 5.74) is 2.43. The zero-order chi connectivity index (χ0) is 17.7. The highest BCUT2D eigenvalue weighted by atomic mass is 35.5. The second kappa shape index (κ2) is 8.18. The van der Waals surface area contributed by atoms with E-state index in [0.717, 1.165) is 11.1 Å². The molecule has 0 saturated carbocycles. The van der Waals surface area contributed by atoms with Crippen LogP contribution in [0, 0.1) is 0 Å². The Balaban J connectivity index is 2.01. The first-order chi connectivity index (χ1) is 11.4. The van der Waals surface area contributed by atoms with Gasteiger partial charge in [0.2, 0.25) is 5.91 Å². The average molecular weight is 365 g/mol. The molecule has 2 rings (SSSR count). The van der Waals surface area contributed by atoms with E-state index in [1.54, 1.807) is 36.2 Å². The normalized spacial score (nSPS) is 10.3. The lowest BCUT2D eigenvalue weighted by molar-refractivity contribution is -0.119. The Morgan fingerprint density at radius 2 is 1.62 bits per heavy atom. The summed E-state index contributed by atoms with van der Waals surface area (Å²) in [5.74, 6) is -0.177. The summed E-state index contributed by atoms with van der Waals surface area (Å²) in [6.45, 7) is 2.35. The molecule has 0 saturated heterocycles. The predicted molar refractivity (Wildman–Crippen MR) is 96.2 cm³/mol. The smallest absolute Gasteiger partial charge is 0.253 e. The third-order valence-corrected chi connectivity index (χ3v) is 4.23. The van der Waals surface area contributed by atoms with Crippen LogP contribution in [0.25, 0.3) is 0 Å². The average Bonchev–Trinajstić information content (AvgIpc) is 2.56. The standard InChI is InChI=1S/C18H18Cl2N2O2/c1-12(23)21-10-13-3-6-15(7-4-13)18(24)22(2)11-14-5-8-16(19)17(20)9-14/h3-9H,10-11H2,1-2H3,(H,21,23). The van der Waals surface area contributed by atoms with E-state index in [1.807, 2.05) is 18.2 Å². The molecule has 2 amide bonds. The van der Waals surface area contributed by atoms with Crippen molar-refractivity contribution in [1.29, 1.82) is 0 Å². The fraction of sp³-hybridized carbons (Fsp3) is 0.222. The van der Waals surface area contributed by atoms with Crippen LogP contribution >= 0.6 is 23.2 Å². The maximum absolute atomic E-state index is 12.5. The zero-order valence-corrected chi connectivity index (χ0v) is 15.0. The van der Waals surface area contributed by atoms with Crippen LogP contribution in [0.1, 0.15) is 28.4 Å². The quantitative estimate of drug-likeness (QED) is 0.874. The van der Waals surface area contributed by atoms with Crippen molar-refractivity contribution < 1.29 is 9.59 Å². The summed E-state index contributed by atoms with van der Waals surface area (Å²) in [7, 11) is 1.73. The Bertz CT molecular complexity index is 745. The zero-order valence-electron chi connectivity index (χ0n) is 13.5. The van der Waals surface area contributed by atoms with E-state index in [2.05, 4.69) is 5.32 Å². The molecule has 0 unspecified atom stereocenters. The van der Waals surface area contributed by atoms with Gasteiger partial charge in [0.15, 0.2) is 0 Å². The van der Waals surface area contributed by atoms with Crippen LogP contribution in [-0.2, 0) is 17.9 Å². The van der Waals surface area contributed by atoms with Crippen LogP contribution in [0.4, 0.5) is 0 Å². The maximum atomic E-state index is 12.5. The Hall–Kier alpha value is -2.04. The molecule has 0 heterocycles. The van der Waals surface area contributed by atoms with E-state index < -0.39 is 0 Å². The van der Waals surface area contributed by atoms with E-state index in [9.17, 15) is 9.59 Å².